The van der Waals surface area contributed by atoms with Gasteiger partial charge in [-0.2, -0.15) is 0 Å². The van der Waals surface area contributed by atoms with Crippen molar-refractivity contribution in [3.05, 3.63) is 59.7 Å². The number of aliphatic hydroxyl groups is 1. The number of hydrogen-bond donors (Lipinski definition) is 1. The molecule has 0 aliphatic rings. The fourth-order valence-electron chi connectivity index (χ4n) is 2.14. The molecule has 0 spiro atoms. The maximum Gasteiger partial charge on any atom is 0.267 e. The first-order valence-corrected chi connectivity index (χ1v) is 8.46. The Morgan fingerprint density at radius 1 is 1.09 bits per heavy atom. The molecular weight excluding hydrogens is 324 g/mol. The highest BCUT2D eigenvalue weighted by Crippen LogP contribution is 2.27. The number of hydrogen-bond acceptors (Lipinski definition) is 3. The van der Waals surface area contributed by atoms with Gasteiger partial charge in [-0.15, -0.1) is 0 Å². The van der Waals surface area contributed by atoms with Gasteiger partial charge in [0.25, 0.3) is 10.0 Å². The molecule has 2 aromatic carbocycles. The number of nitrogens with zero attached hydrogens (tertiary/aromatic N) is 1. The van der Waals surface area contributed by atoms with Crippen LogP contribution in [0.15, 0.2) is 47.4 Å². The Labute approximate surface area is 134 Å². The van der Waals surface area contributed by atoms with Gasteiger partial charge in [0.1, 0.15) is 16.5 Å². The fourth-order valence-corrected chi connectivity index (χ4v) is 3.70. The smallest absolute Gasteiger partial charge is 0.267 e. The molecule has 0 aromatic heterocycles. The molecule has 124 valence electrons. The highest BCUT2D eigenvalue weighted by Gasteiger charge is 2.28. The van der Waals surface area contributed by atoms with Crippen LogP contribution in [0.4, 0.5) is 14.5 Å². The van der Waals surface area contributed by atoms with Crippen LogP contribution in [0.3, 0.4) is 0 Å². The maximum atomic E-state index is 14.1. The van der Waals surface area contributed by atoms with Crippen LogP contribution < -0.4 is 4.31 Å². The van der Waals surface area contributed by atoms with Crippen molar-refractivity contribution in [2.45, 2.75) is 18.2 Å². The van der Waals surface area contributed by atoms with Gasteiger partial charge >= 0.3 is 0 Å². The monoisotopic (exact) mass is 341 g/mol. The molecule has 0 amide bonds. The minimum Gasteiger partial charge on any atom is -0.396 e. The van der Waals surface area contributed by atoms with Crippen LogP contribution in [0.25, 0.3) is 0 Å². The first kappa shape index (κ1) is 17.4. The number of para-hydroxylation sites is 1. The Balaban J connectivity index is 2.55. The average Bonchev–Trinajstić information content (AvgIpc) is 2.52. The Hall–Kier alpha value is -1.99. The maximum absolute atomic E-state index is 14.1. The van der Waals surface area contributed by atoms with Crippen LogP contribution in [-0.2, 0) is 10.0 Å². The normalized spacial score (nSPS) is 11.5. The molecule has 0 saturated carbocycles. The molecular formula is C16H17F2NO3S. The Morgan fingerprint density at radius 3 is 2.35 bits per heavy atom. The number of aryl methyl sites for hydroxylation is 1. The van der Waals surface area contributed by atoms with Crippen LogP contribution in [0.1, 0.15) is 12.0 Å². The summed E-state index contributed by atoms with van der Waals surface area (Å²) >= 11 is 0. The second kappa shape index (κ2) is 7.06. The van der Waals surface area contributed by atoms with E-state index in [2.05, 4.69) is 0 Å². The standard InChI is InChI=1S/C16H17F2NO3S/c1-12-10-15(18)16(11-14(12)17)23(21,22)19(8-5-9-20)13-6-3-2-4-7-13/h2-4,6-7,10-11,20H,5,8-9H2,1H3. The Kier molecular flexibility index (Phi) is 5.33. The van der Waals surface area contributed by atoms with Crippen molar-refractivity contribution in [1.29, 1.82) is 0 Å². The number of aliphatic hydroxyl groups excluding tert-OH is 1. The van der Waals surface area contributed by atoms with Gasteiger partial charge in [0.05, 0.1) is 5.69 Å². The molecule has 2 aromatic rings. The molecule has 1 N–H and O–H groups in total. The summed E-state index contributed by atoms with van der Waals surface area (Å²) in [5.74, 6) is -1.80. The number of rotatable bonds is 6. The Morgan fingerprint density at radius 2 is 1.74 bits per heavy atom. The fraction of sp³-hybridized carbons (Fsp3) is 0.250. The Bertz CT molecular complexity index is 779. The van der Waals surface area contributed by atoms with Crippen molar-refractivity contribution in [1.82, 2.24) is 0 Å². The van der Waals surface area contributed by atoms with E-state index in [1.807, 2.05) is 0 Å². The van der Waals surface area contributed by atoms with Crippen molar-refractivity contribution in [3.63, 3.8) is 0 Å². The summed E-state index contributed by atoms with van der Waals surface area (Å²) in [6.07, 6.45) is 0.171. The second-order valence-corrected chi connectivity index (χ2v) is 6.85. The third-order valence-corrected chi connectivity index (χ3v) is 5.19. The zero-order valence-electron chi connectivity index (χ0n) is 12.5. The summed E-state index contributed by atoms with van der Waals surface area (Å²) in [7, 11) is -4.29. The van der Waals surface area contributed by atoms with Crippen LogP contribution in [0.2, 0.25) is 0 Å². The van der Waals surface area contributed by atoms with Gasteiger partial charge in [-0.05, 0) is 43.2 Å². The molecule has 0 fully saturated rings. The number of benzene rings is 2. The van der Waals surface area contributed by atoms with Gasteiger partial charge in [0.2, 0.25) is 0 Å². The molecule has 2 rings (SSSR count). The average molecular weight is 341 g/mol. The quantitative estimate of drug-likeness (QED) is 0.879. The molecule has 0 radical (unpaired) electrons. The lowest BCUT2D eigenvalue weighted by molar-refractivity contribution is 0.291. The lowest BCUT2D eigenvalue weighted by Gasteiger charge is -2.24. The molecule has 0 atom stereocenters. The van der Waals surface area contributed by atoms with Crippen LogP contribution in [0.5, 0.6) is 0 Å². The van der Waals surface area contributed by atoms with Crippen LogP contribution in [-0.4, -0.2) is 26.7 Å². The van der Waals surface area contributed by atoms with E-state index in [1.165, 1.54) is 6.92 Å². The van der Waals surface area contributed by atoms with Crippen molar-refractivity contribution < 1.29 is 22.3 Å². The zero-order valence-corrected chi connectivity index (χ0v) is 13.4. The second-order valence-electron chi connectivity index (χ2n) is 5.02. The first-order valence-electron chi connectivity index (χ1n) is 7.02. The van der Waals surface area contributed by atoms with Gasteiger partial charge in [0.15, 0.2) is 0 Å². The van der Waals surface area contributed by atoms with E-state index in [-0.39, 0.29) is 25.1 Å². The van der Waals surface area contributed by atoms with E-state index < -0.39 is 26.6 Å². The van der Waals surface area contributed by atoms with Gasteiger partial charge in [-0.1, -0.05) is 18.2 Å². The highest BCUT2D eigenvalue weighted by atomic mass is 32.2. The summed E-state index contributed by atoms with van der Waals surface area (Å²) in [5.41, 5.74) is 0.351. The van der Waals surface area contributed by atoms with E-state index in [0.29, 0.717) is 11.8 Å². The minimum absolute atomic E-state index is 0.0306. The van der Waals surface area contributed by atoms with Crippen molar-refractivity contribution in [3.8, 4) is 0 Å². The predicted molar refractivity (Wildman–Crippen MR) is 83.8 cm³/mol. The SMILES string of the molecule is Cc1cc(F)c(S(=O)(=O)N(CCCO)c2ccccc2)cc1F. The van der Waals surface area contributed by atoms with Crippen LogP contribution >= 0.6 is 0 Å². The van der Waals surface area contributed by atoms with E-state index in [0.717, 1.165) is 10.4 Å². The van der Waals surface area contributed by atoms with Crippen molar-refractivity contribution in [2.24, 2.45) is 0 Å². The summed E-state index contributed by atoms with van der Waals surface area (Å²) in [4.78, 5) is -0.720. The van der Waals surface area contributed by atoms with Gasteiger partial charge < -0.3 is 5.11 Å². The summed E-state index contributed by atoms with van der Waals surface area (Å²) in [5, 5.41) is 8.98. The zero-order chi connectivity index (χ0) is 17.0. The molecule has 0 aliphatic carbocycles. The van der Waals surface area contributed by atoms with Gasteiger partial charge in [-0.3, -0.25) is 4.31 Å². The first-order chi connectivity index (χ1) is 10.9. The van der Waals surface area contributed by atoms with E-state index in [4.69, 9.17) is 5.11 Å². The van der Waals surface area contributed by atoms with Crippen molar-refractivity contribution >= 4 is 15.7 Å². The summed E-state index contributed by atoms with van der Waals surface area (Å²) in [6.45, 7) is 1.09. The number of halogens is 2. The molecule has 7 heteroatoms. The third kappa shape index (κ3) is 3.68. The largest absolute Gasteiger partial charge is 0.396 e. The lowest BCUT2D eigenvalue weighted by Crippen LogP contribution is -2.33. The van der Waals surface area contributed by atoms with E-state index in [1.54, 1.807) is 30.3 Å². The molecule has 0 saturated heterocycles. The minimum atomic E-state index is -4.29. The molecule has 0 bridgehead atoms. The highest BCUT2D eigenvalue weighted by molar-refractivity contribution is 7.92. The third-order valence-electron chi connectivity index (χ3n) is 3.34. The van der Waals surface area contributed by atoms with Crippen molar-refractivity contribution in [2.75, 3.05) is 17.5 Å². The number of anilines is 1. The topological polar surface area (TPSA) is 57.6 Å². The van der Waals surface area contributed by atoms with E-state index >= 15 is 0 Å². The van der Waals surface area contributed by atoms with Crippen LogP contribution in [0, 0.1) is 18.6 Å². The van der Waals surface area contributed by atoms with Gasteiger partial charge in [0, 0.05) is 13.2 Å². The van der Waals surface area contributed by atoms with Gasteiger partial charge in [-0.25, -0.2) is 17.2 Å². The molecule has 4 nitrogen and oxygen atoms in total. The molecule has 0 aliphatic heterocycles. The lowest BCUT2D eigenvalue weighted by atomic mass is 10.2. The predicted octanol–water partition coefficient (Wildman–Crippen LogP) is 2.85. The van der Waals surface area contributed by atoms with E-state index in [9.17, 15) is 17.2 Å². The summed E-state index contributed by atoms with van der Waals surface area (Å²) in [6, 6.07) is 9.65. The number of sulfonamides is 1. The molecule has 0 unspecified atom stereocenters. The summed E-state index contributed by atoms with van der Waals surface area (Å²) < 4.78 is 54.3. The molecule has 23 heavy (non-hydrogen) atoms. The molecule has 0 heterocycles.